The summed E-state index contributed by atoms with van der Waals surface area (Å²) in [5.41, 5.74) is 6.94. The van der Waals surface area contributed by atoms with Gasteiger partial charge in [-0.2, -0.15) is 0 Å². The Morgan fingerprint density at radius 2 is 2.13 bits per heavy atom. The molecule has 0 aliphatic rings. The zero-order valence-corrected chi connectivity index (χ0v) is 8.37. The number of rotatable bonds is 2. The van der Waals surface area contributed by atoms with Crippen LogP contribution in [0.25, 0.3) is 11.4 Å². The highest BCUT2D eigenvalue weighted by molar-refractivity contribution is 5.55. The van der Waals surface area contributed by atoms with Crippen molar-refractivity contribution in [2.24, 2.45) is 5.73 Å². The summed E-state index contributed by atoms with van der Waals surface area (Å²) in [7, 11) is 0. The Kier molecular flexibility index (Phi) is 2.51. The molecule has 1 aromatic carbocycles. The van der Waals surface area contributed by atoms with Crippen molar-refractivity contribution in [3.05, 3.63) is 42.0 Å². The zero-order valence-electron chi connectivity index (χ0n) is 8.37. The fourth-order valence-corrected chi connectivity index (χ4v) is 1.36. The molecule has 0 amide bonds. The van der Waals surface area contributed by atoms with E-state index < -0.39 is 0 Å². The van der Waals surface area contributed by atoms with Crippen LogP contribution in [-0.4, -0.2) is 9.97 Å². The molecule has 0 radical (unpaired) electrons. The van der Waals surface area contributed by atoms with Gasteiger partial charge in [0, 0.05) is 6.04 Å². The second-order valence-corrected chi connectivity index (χ2v) is 3.46. The molecular weight excluding hydrogens is 193 g/mol. The van der Waals surface area contributed by atoms with Gasteiger partial charge in [0.1, 0.15) is 11.6 Å². The molecule has 0 aliphatic heterocycles. The predicted octanol–water partition coefficient (Wildman–Crippen LogP) is 2.24. The maximum atomic E-state index is 13.4. The van der Waals surface area contributed by atoms with Gasteiger partial charge in [-0.25, -0.2) is 9.37 Å². The molecular formula is C11H12FN3. The van der Waals surface area contributed by atoms with Crippen LogP contribution in [0, 0.1) is 5.82 Å². The average Bonchev–Trinajstić information content (AvgIpc) is 2.67. The van der Waals surface area contributed by atoms with Crippen molar-refractivity contribution >= 4 is 0 Å². The lowest BCUT2D eigenvalue weighted by molar-refractivity contribution is 0.630. The first-order valence-corrected chi connectivity index (χ1v) is 4.74. The van der Waals surface area contributed by atoms with Gasteiger partial charge >= 0.3 is 0 Å². The maximum absolute atomic E-state index is 13.4. The van der Waals surface area contributed by atoms with Gasteiger partial charge in [-0.05, 0) is 19.1 Å². The Morgan fingerprint density at radius 1 is 1.40 bits per heavy atom. The topological polar surface area (TPSA) is 54.7 Å². The number of aromatic nitrogens is 2. The molecule has 2 aromatic rings. The number of aromatic amines is 1. The normalized spacial score (nSPS) is 12.7. The molecule has 1 heterocycles. The third-order valence-corrected chi connectivity index (χ3v) is 2.22. The number of hydrogen-bond acceptors (Lipinski definition) is 2. The smallest absolute Gasteiger partial charge is 0.140 e. The summed E-state index contributed by atoms with van der Waals surface area (Å²) in [6, 6.07) is 6.38. The van der Waals surface area contributed by atoms with Crippen LogP contribution in [0.5, 0.6) is 0 Å². The molecule has 3 N–H and O–H groups in total. The summed E-state index contributed by atoms with van der Waals surface area (Å²) in [5, 5.41) is 0. The molecule has 1 atom stereocenters. The first-order chi connectivity index (χ1) is 7.18. The molecule has 0 bridgehead atoms. The van der Waals surface area contributed by atoms with Crippen LogP contribution >= 0.6 is 0 Å². The van der Waals surface area contributed by atoms with Crippen molar-refractivity contribution in [2.75, 3.05) is 0 Å². The molecule has 1 aromatic heterocycles. The first kappa shape index (κ1) is 9.86. The van der Waals surface area contributed by atoms with Gasteiger partial charge in [0.25, 0.3) is 0 Å². The number of nitrogens with one attached hydrogen (secondary N) is 1. The fraction of sp³-hybridized carbons (Fsp3) is 0.182. The van der Waals surface area contributed by atoms with Crippen LogP contribution in [-0.2, 0) is 0 Å². The quantitative estimate of drug-likeness (QED) is 0.789. The van der Waals surface area contributed by atoms with E-state index in [1.165, 1.54) is 6.07 Å². The van der Waals surface area contributed by atoms with Crippen LogP contribution in [0.3, 0.4) is 0 Å². The summed E-state index contributed by atoms with van der Waals surface area (Å²) in [5.74, 6) is 0.225. The van der Waals surface area contributed by atoms with Crippen molar-refractivity contribution in [3.8, 4) is 11.4 Å². The van der Waals surface area contributed by atoms with Crippen LogP contribution in [0.1, 0.15) is 18.7 Å². The van der Waals surface area contributed by atoms with Crippen molar-refractivity contribution in [2.45, 2.75) is 13.0 Å². The van der Waals surface area contributed by atoms with E-state index in [0.29, 0.717) is 11.4 Å². The number of benzene rings is 1. The SMILES string of the molecule is CC(N)c1cnc(-c2ccccc2F)[nH]1. The van der Waals surface area contributed by atoms with Crippen molar-refractivity contribution in [1.82, 2.24) is 9.97 Å². The molecule has 0 aliphatic carbocycles. The highest BCUT2D eigenvalue weighted by Crippen LogP contribution is 2.20. The zero-order chi connectivity index (χ0) is 10.8. The van der Waals surface area contributed by atoms with E-state index in [4.69, 9.17) is 5.73 Å². The number of halogens is 1. The minimum absolute atomic E-state index is 0.127. The van der Waals surface area contributed by atoms with Crippen molar-refractivity contribution in [3.63, 3.8) is 0 Å². The standard InChI is InChI=1S/C11H12FN3/c1-7(13)10-6-14-11(15-10)8-4-2-3-5-9(8)12/h2-7H,13H2,1H3,(H,14,15). The minimum Gasteiger partial charge on any atom is -0.340 e. The first-order valence-electron chi connectivity index (χ1n) is 4.74. The third-order valence-electron chi connectivity index (χ3n) is 2.22. The number of nitrogens with zero attached hydrogens (tertiary/aromatic N) is 1. The number of H-pyrrole nitrogens is 1. The largest absolute Gasteiger partial charge is 0.340 e. The molecule has 0 saturated carbocycles. The summed E-state index contributed by atoms with van der Waals surface area (Å²) in [4.78, 5) is 7.09. The fourth-order valence-electron chi connectivity index (χ4n) is 1.36. The van der Waals surface area contributed by atoms with E-state index in [-0.39, 0.29) is 11.9 Å². The Balaban J connectivity index is 2.42. The summed E-state index contributed by atoms with van der Waals surface area (Å²) in [6.07, 6.45) is 1.63. The summed E-state index contributed by atoms with van der Waals surface area (Å²) < 4.78 is 13.4. The lowest BCUT2D eigenvalue weighted by atomic mass is 10.2. The highest BCUT2D eigenvalue weighted by Gasteiger charge is 2.09. The van der Waals surface area contributed by atoms with Gasteiger partial charge in [-0.1, -0.05) is 12.1 Å². The van der Waals surface area contributed by atoms with E-state index in [1.807, 2.05) is 6.92 Å². The molecule has 78 valence electrons. The van der Waals surface area contributed by atoms with Gasteiger partial charge in [-0.3, -0.25) is 0 Å². The molecule has 15 heavy (non-hydrogen) atoms. The Labute approximate surface area is 87.2 Å². The van der Waals surface area contributed by atoms with Gasteiger partial charge in [0.2, 0.25) is 0 Å². The van der Waals surface area contributed by atoms with E-state index in [0.717, 1.165) is 5.69 Å². The second-order valence-electron chi connectivity index (χ2n) is 3.46. The predicted molar refractivity (Wildman–Crippen MR) is 56.6 cm³/mol. The molecule has 0 saturated heterocycles. The Morgan fingerprint density at radius 3 is 2.73 bits per heavy atom. The number of nitrogens with two attached hydrogens (primary N) is 1. The molecule has 4 heteroatoms. The van der Waals surface area contributed by atoms with Gasteiger partial charge in [0.05, 0.1) is 17.5 Å². The lowest BCUT2D eigenvalue weighted by Crippen LogP contribution is -2.04. The number of imidazole rings is 1. The summed E-state index contributed by atoms with van der Waals surface area (Å²) in [6.45, 7) is 1.85. The molecule has 2 rings (SSSR count). The van der Waals surface area contributed by atoms with Gasteiger partial charge in [0.15, 0.2) is 0 Å². The van der Waals surface area contributed by atoms with E-state index in [1.54, 1.807) is 24.4 Å². The minimum atomic E-state index is -0.289. The van der Waals surface area contributed by atoms with Crippen LogP contribution in [0.2, 0.25) is 0 Å². The van der Waals surface area contributed by atoms with E-state index in [9.17, 15) is 4.39 Å². The van der Waals surface area contributed by atoms with Crippen molar-refractivity contribution in [1.29, 1.82) is 0 Å². The molecule has 1 unspecified atom stereocenters. The molecule has 3 nitrogen and oxygen atoms in total. The van der Waals surface area contributed by atoms with Gasteiger partial charge < -0.3 is 10.7 Å². The maximum Gasteiger partial charge on any atom is 0.140 e. The van der Waals surface area contributed by atoms with Crippen LogP contribution in [0.4, 0.5) is 4.39 Å². The van der Waals surface area contributed by atoms with Gasteiger partial charge in [-0.15, -0.1) is 0 Å². The Bertz CT molecular complexity index is 462. The summed E-state index contributed by atoms with van der Waals surface area (Å²) >= 11 is 0. The Hall–Kier alpha value is -1.68. The lowest BCUT2D eigenvalue weighted by Gasteiger charge is -2.00. The second kappa shape index (κ2) is 3.82. The van der Waals surface area contributed by atoms with Crippen LogP contribution in [0.15, 0.2) is 30.5 Å². The molecule has 0 fully saturated rings. The monoisotopic (exact) mass is 205 g/mol. The highest BCUT2D eigenvalue weighted by atomic mass is 19.1. The molecule has 0 spiro atoms. The number of hydrogen-bond donors (Lipinski definition) is 2. The van der Waals surface area contributed by atoms with E-state index >= 15 is 0 Å². The third kappa shape index (κ3) is 1.89. The van der Waals surface area contributed by atoms with Crippen molar-refractivity contribution < 1.29 is 4.39 Å². The van der Waals surface area contributed by atoms with E-state index in [2.05, 4.69) is 9.97 Å². The van der Waals surface area contributed by atoms with Crippen LogP contribution < -0.4 is 5.73 Å². The average molecular weight is 205 g/mol.